The van der Waals surface area contributed by atoms with Crippen LogP contribution < -0.4 is 0 Å². The van der Waals surface area contributed by atoms with E-state index in [-0.39, 0.29) is 0 Å². The summed E-state index contributed by atoms with van der Waals surface area (Å²) >= 11 is 0. The third kappa shape index (κ3) is 2.70. The molecule has 0 aliphatic heterocycles. The maximum Gasteiger partial charge on any atom is -0.0250 e. The van der Waals surface area contributed by atoms with Crippen molar-refractivity contribution >= 4 is 0 Å². The average Bonchev–Trinajstić information content (AvgIpc) is 3.05. The number of hydrogen-bond acceptors (Lipinski definition) is 0. The Morgan fingerprint density at radius 2 is 1.69 bits per heavy atom. The van der Waals surface area contributed by atoms with Crippen molar-refractivity contribution in [2.24, 2.45) is 40.4 Å². The van der Waals surface area contributed by atoms with Gasteiger partial charge in [-0.2, -0.15) is 0 Å². The quantitative estimate of drug-likeness (QED) is 0.526. The Bertz CT molecular complexity index is 633. The Hall–Kier alpha value is -0.780. The monoisotopic (exact) mass is 350 g/mol. The Labute approximate surface area is 161 Å². The fraction of sp³-hybridized carbons (Fsp3) is 0.769. The molecule has 0 N–H and O–H groups in total. The van der Waals surface area contributed by atoms with Gasteiger partial charge in [-0.05, 0) is 110 Å². The van der Waals surface area contributed by atoms with Gasteiger partial charge in [-0.3, -0.25) is 0 Å². The van der Waals surface area contributed by atoms with Gasteiger partial charge in [0.05, 0.1) is 0 Å². The van der Waals surface area contributed by atoms with Crippen LogP contribution in [0.3, 0.4) is 0 Å². The normalized spacial score (nSPS) is 47.7. The molecule has 0 radical (unpaired) electrons. The van der Waals surface area contributed by atoms with Crippen molar-refractivity contribution in [3.63, 3.8) is 0 Å². The predicted molar refractivity (Wildman–Crippen MR) is 110 cm³/mol. The molecule has 4 fully saturated rings. The van der Waals surface area contributed by atoms with Gasteiger partial charge in [0.2, 0.25) is 0 Å². The first-order chi connectivity index (χ1) is 12.6. The van der Waals surface area contributed by atoms with Crippen molar-refractivity contribution in [3.8, 4) is 0 Å². The van der Waals surface area contributed by atoms with Gasteiger partial charge in [0.25, 0.3) is 0 Å². The third-order valence-electron chi connectivity index (χ3n) is 9.92. The van der Waals surface area contributed by atoms with Crippen molar-refractivity contribution in [3.05, 3.63) is 35.9 Å². The molecule has 4 saturated carbocycles. The molecule has 0 aromatic heterocycles. The second kappa shape index (κ2) is 6.39. The number of fused-ring (bicyclic) bond motifs is 5. The van der Waals surface area contributed by atoms with Crippen LogP contribution in [0.4, 0.5) is 0 Å². The van der Waals surface area contributed by atoms with Crippen molar-refractivity contribution < 1.29 is 0 Å². The SMILES string of the molecule is C[C@@]12CCC[C@@H]1[C@H]1CC[C@@H]3C[C@@H](Cc4ccccc4)CC[C@]3(C)C1CC2. The van der Waals surface area contributed by atoms with E-state index in [0.717, 1.165) is 35.0 Å². The molecule has 5 rings (SSSR count). The molecular weight excluding hydrogens is 312 g/mol. The molecule has 4 aliphatic rings. The zero-order valence-corrected chi connectivity index (χ0v) is 17.1. The van der Waals surface area contributed by atoms with Crippen molar-refractivity contribution in [2.45, 2.75) is 84.5 Å². The second-order valence-corrected chi connectivity index (χ2v) is 11.1. The molecular formula is C26H38. The molecule has 142 valence electrons. The van der Waals surface area contributed by atoms with Crippen LogP contribution in [0.25, 0.3) is 0 Å². The van der Waals surface area contributed by atoms with E-state index < -0.39 is 0 Å². The van der Waals surface area contributed by atoms with Crippen LogP contribution in [0.5, 0.6) is 0 Å². The Kier molecular flexibility index (Phi) is 4.26. The first-order valence-electron chi connectivity index (χ1n) is 11.6. The maximum absolute atomic E-state index is 2.73. The molecule has 1 aromatic rings. The molecule has 4 aliphatic carbocycles. The average molecular weight is 351 g/mol. The lowest BCUT2D eigenvalue weighted by atomic mass is 9.44. The van der Waals surface area contributed by atoms with Crippen LogP contribution in [0.2, 0.25) is 0 Å². The molecule has 0 spiro atoms. The van der Waals surface area contributed by atoms with Crippen molar-refractivity contribution in [1.82, 2.24) is 0 Å². The summed E-state index contributed by atoms with van der Waals surface area (Å²) in [6.45, 7) is 5.37. The van der Waals surface area contributed by atoms with Gasteiger partial charge in [0, 0.05) is 0 Å². The van der Waals surface area contributed by atoms with Gasteiger partial charge in [-0.15, -0.1) is 0 Å². The summed E-state index contributed by atoms with van der Waals surface area (Å²) in [4.78, 5) is 0. The Morgan fingerprint density at radius 1 is 0.846 bits per heavy atom. The fourth-order valence-corrected chi connectivity index (χ4v) is 8.47. The summed E-state index contributed by atoms with van der Waals surface area (Å²) in [6.07, 6.45) is 16.6. The van der Waals surface area contributed by atoms with Crippen LogP contribution in [-0.4, -0.2) is 0 Å². The molecule has 0 amide bonds. The van der Waals surface area contributed by atoms with Gasteiger partial charge in [-0.25, -0.2) is 0 Å². The summed E-state index contributed by atoms with van der Waals surface area (Å²) in [5.41, 5.74) is 2.95. The molecule has 0 heterocycles. The van der Waals surface area contributed by atoms with Crippen molar-refractivity contribution in [2.75, 3.05) is 0 Å². The van der Waals surface area contributed by atoms with E-state index in [9.17, 15) is 0 Å². The standard InChI is InChI=1S/C26H38/c1-25-14-6-9-23(25)22-11-10-21-18-20(17-19-7-4-3-5-8-19)12-16-26(21,2)24(22)13-15-25/h3-5,7-8,20-24H,6,9-18H2,1-2H3/t20-,21-,22-,23-,24?,25+,26+/m1/s1. The van der Waals surface area contributed by atoms with E-state index in [1.165, 1.54) is 51.4 Å². The minimum atomic E-state index is 0.667. The van der Waals surface area contributed by atoms with Gasteiger partial charge >= 0.3 is 0 Å². The second-order valence-electron chi connectivity index (χ2n) is 11.1. The maximum atomic E-state index is 2.73. The predicted octanol–water partition coefficient (Wildman–Crippen LogP) is 7.28. The number of hydrogen-bond donors (Lipinski definition) is 0. The lowest BCUT2D eigenvalue weighted by Crippen LogP contribution is -2.52. The third-order valence-corrected chi connectivity index (χ3v) is 9.92. The first kappa shape index (κ1) is 17.3. The minimum Gasteiger partial charge on any atom is -0.0622 e. The molecule has 0 nitrogen and oxygen atoms in total. The highest BCUT2D eigenvalue weighted by molar-refractivity contribution is 5.16. The van der Waals surface area contributed by atoms with E-state index in [1.807, 2.05) is 0 Å². The highest BCUT2D eigenvalue weighted by atomic mass is 14.6. The van der Waals surface area contributed by atoms with E-state index >= 15 is 0 Å². The largest absolute Gasteiger partial charge is 0.0622 e. The summed E-state index contributed by atoms with van der Waals surface area (Å²) in [5, 5.41) is 0. The fourth-order valence-electron chi connectivity index (χ4n) is 8.47. The molecule has 0 saturated heterocycles. The van der Waals surface area contributed by atoms with Crippen LogP contribution in [0.15, 0.2) is 30.3 Å². The van der Waals surface area contributed by atoms with Crippen LogP contribution >= 0.6 is 0 Å². The van der Waals surface area contributed by atoms with E-state index in [4.69, 9.17) is 0 Å². The van der Waals surface area contributed by atoms with Crippen molar-refractivity contribution in [1.29, 1.82) is 0 Å². The molecule has 0 heteroatoms. The van der Waals surface area contributed by atoms with Gasteiger partial charge < -0.3 is 0 Å². The number of benzene rings is 1. The lowest BCUT2D eigenvalue weighted by molar-refractivity contribution is -0.111. The zero-order chi connectivity index (χ0) is 17.8. The van der Waals surface area contributed by atoms with Crippen LogP contribution in [0, 0.1) is 40.4 Å². The summed E-state index contributed by atoms with van der Waals surface area (Å²) in [6, 6.07) is 11.3. The summed E-state index contributed by atoms with van der Waals surface area (Å²) in [7, 11) is 0. The first-order valence-corrected chi connectivity index (χ1v) is 11.6. The molecule has 0 bridgehead atoms. The molecule has 7 atom stereocenters. The Balaban J connectivity index is 1.31. The molecule has 1 aromatic carbocycles. The van der Waals surface area contributed by atoms with Gasteiger partial charge in [0.15, 0.2) is 0 Å². The topological polar surface area (TPSA) is 0 Å². The zero-order valence-electron chi connectivity index (χ0n) is 17.1. The van der Waals surface area contributed by atoms with Gasteiger partial charge in [-0.1, -0.05) is 50.6 Å². The molecule has 1 unspecified atom stereocenters. The lowest BCUT2D eigenvalue weighted by Gasteiger charge is -2.60. The van der Waals surface area contributed by atoms with E-state index in [0.29, 0.717) is 5.41 Å². The summed E-state index contributed by atoms with van der Waals surface area (Å²) < 4.78 is 0. The van der Waals surface area contributed by atoms with E-state index in [2.05, 4.69) is 44.2 Å². The van der Waals surface area contributed by atoms with Gasteiger partial charge in [0.1, 0.15) is 0 Å². The molecule has 26 heavy (non-hydrogen) atoms. The number of rotatable bonds is 2. The van der Waals surface area contributed by atoms with Crippen LogP contribution in [-0.2, 0) is 6.42 Å². The highest BCUT2D eigenvalue weighted by Gasteiger charge is 2.57. The van der Waals surface area contributed by atoms with Crippen LogP contribution in [0.1, 0.15) is 83.6 Å². The summed E-state index contributed by atoms with van der Waals surface area (Å²) in [5.74, 6) is 5.14. The van der Waals surface area contributed by atoms with E-state index in [1.54, 1.807) is 24.8 Å². The highest BCUT2D eigenvalue weighted by Crippen LogP contribution is 2.66. The Morgan fingerprint density at radius 3 is 2.54 bits per heavy atom. The minimum absolute atomic E-state index is 0.667. The smallest absolute Gasteiger partial charge is 0.0250 e.